The van der Waals surface area contributed by atoms with Crippen molar-refractivity contribution in [1.29, 1.82) is 0 Å². The number of hydrogen-bond acceptors (Lipinski definition) is 8. The van der Waals surface area contributed by atoms with Crippen LogP contribution in [0.15, 0.2) is 79.4 Å². The molecule has 0 bridgehead atoms. The summed E-state index contributed by atoms with van der Waals surface area (Å²) in [6.45, 7) is 22.2. The fourth-order valence-corrected chi connectivity index (χ4v) is 7.88. The Morgan fingerprint density at radius 3 is 1.79 bits per heavy atom. The minimum atomic E-state index is -1.26. The first-order valence-corrected chi connectivity index (χ1v) is 28.7. The number of alkyl carbamates (subject to hydrolysis) is 1. The molecular formula is C45H69N7O7Si2. The SMILES string of the molecule is CC(C)(C)OC(=O)NC(CCCN(Cc1ccc(C(=O)N(Cc2nccn2COCC[Si](C)(C)C)Cc2nccn2COCC[Si](C)(C)C)cc1)C(=O)O)Cc1ccccc1. The summed E-state index contributed by atoms with van der Waals surface area (Å²) in [6, 6.07) is 18.8. The summed E-state index contributed by atoms with van der Waals surface area (Å²) < 4.78 is 21.4. The zero-order valence-corrected chi connectivity index (χ0v) is 39.9. The first-order chi connectivity index (χ1) is 28.7. The van der Waals surface area contributed by atoms with Crippen LogP contribution in [0.3, 0.4) is 0 Å². The summed E-state index contributed by atoms with van der Waals surface area (Å²) in [4.78, 5) is 51.7. The molecule has 4 rings (SSSR count). The van der Waals surface area contributed by atoms with Crippen molar-refractivity contribution < 1.29 is 33.7 Å². The number of carbonyl (C=O) groups is 3. The third-order valence-corrected chi connectivity index (χ3v) is 13.3. The van der Waals surface area contributed by atoms with Gasteiger partial charge in [0, 0.05) is 78.8 Å². The normalized spacial score (nSPS) is 12.5. The fraction of sp³-hybridized carbons (Fsp3) is 0.533. The van der Waals surface area contributed by atoms with Crippen molar-refractivity contribution in [1.82, 2.24) is 34.2 Å². The second kappa shape index (κ2) is 22.9. The van der Waals surface area contributed by atoms with Gasteiger partial charge in [-0.2, -0.15) is 0 Å². The topological polar surface area (TPSA) is 153 Å². The molecule has 61 heavy (non-hydrogen) atoms. The highest BCUT2D eigenvalue weighted by Gasteiger charge is 2.24. The standard InChI is InChI=1S/C45H69N7O7Si2/c1-45(2,3)59-43(54)48-39(30-36-14-11-10-12-15-36)16-13-23-49(44(55)56)31-37-17-19-38(20-18-37)42(53)52(32-40-46-21-24-50(40)34-57-26-28-60(4,5)6)33-41-47-22-25-51(41)35-58-27-29-61(7,8)9/h10-12,14-15,17-22,24-25,39H,13,16,23,26-35H2,1-9H3,(H,48,54)(H,55,56). The number of imidazole rings is 2. The van der Waals surface area contributed by atoms with Crippen LogP contribution in [0.5, 0.6) is 0 Å². The molecule has 1 atom stereocenters. The number of carboxylic acid groups (broad SMARTS) is 1. The number of aromatic nitrogens is 4. The van der Waals surface area contributed by atoms with Gasteiger partial charge in [-0.1, -0.05) is 81.7 Å². The highest BCUT2D eigenvalue weighted by molar-refractivity contribution is 6.76. The van der Waals surface area contributed by atoms with Crippen LogP contribution >= 0.6 is 0 Å². The molecule has 0 fully saturated rings. The van der Waals surface area contributed by atoms with Crippen LogP contribution < -0.4 is 5.32 Å². The Balaban J connectivity index is 1.45. The zero-order chi connectivity index (χ0) is 44.6. The number of benzene rings is 2. The molecule has 3 amide bonds. The van der Waals surface area contributed by atoms with Crippen molar-refractivity contribution in [2.75, 3.05) is 19.8 Å². The van der Waals surface area contributed by atoms with E-state index in [4.69, 9.17) is 14.2 Å². The monoisotopic (exact) mass is 875 g/mol. The number of rotatable bonds is 24. The summed E-state index contributed by atoms with van der Waals surface area (Å²) in [5, 5.41) is 13.1. The molecule has 2 heterocycles. The van der Waals surface area contributed by atoms with Gasteiger partial charge < -0.3 is 43.6 Å². The van der Waals surface area contributed by atoms with Gasteiger partial charge in [-0.15, -0.1) is 0 Å². The molecule has 2 aromatic carbocycles. The Labute approximate surface area is 364 Å². The van der Waals surface area contributed by atoms with E-state index in [2.05, 4.69) is 54.6 Å². The lowest BCUT2D eigenvalue weighted by atomic mass is 10.0. The molecule has 0 saturated carbocycles. The van der Waals surface area contributed by atoms with Gasteiger partial charge in [-0.3, -0.25) is 4.79 Å². The van der Waals surface area contributed by atoms with E-state index in [0.29, 0.717) is 63.2 Å². The Bertz CT molecular complexity index is 1890. The first kappa shape index (κ1) is 48.9. The predicted octanol–water partition coefficient (Wildman–Crippen LogP) is 8.94. The lowest BCUT2D eigenvalue weighted by molar-refractivity contribution is 0.0499. The van der Waals surface area contributed by atoms with Crippen molar-refractivity contribution in [2.24, 2.45) is 0 Å². The molecule has 16 heteroatoms. The van der Waals surface area contributed by atoms with Gasteiger partial charge in [-0.25, -0.2) is 19.6 Å². The predicted molar refractivity (Wildman–Crippen MR) is 244 cm³/mol. The van der Waals surface area contributed by atoms with Crippen molar-refractivity contribution in [3.05, 3.63) is 108 Å². The van der Waals surface area contributed by atoms with E-state index in [9.17, 15) is 19.5 Å². The lowest BCUT2D eigenvalue weighted by Crippen LogP contribution is -2.41. The van der Waals surface area contributed by atoms with Gasteiger partial charge in [0.15, 0.2) is 0 Å². The fourth-order valence-electron chi connectivity index (χ4n) is 6.37. The largest absolute Gasteiger partial charge is 0.465 e. The van der Waals surface area contributed by atoms with Gasteiger partial charge in [0.2, 0.25) is 0 Å². The molecule has 2 aromatic heterocycles. The number of hydrogen-bond donors (Lipinski definition) is 2. The second-order valence-electron chi connectivity index (χ2n) is 19.1. The van der Waals surface area contributed by atoms with Crippen LogP contribution in [0.25, 0.3) is 0 Å². The molecular weight excluding hydrogens is 807 g/mol. The van der Waals surface area contributed by atoms with Gasteiger partial charge in [0.1, 0.15) is 30.7 Å². The van der Waals surface area contributed by atoms with Crippen LogP contribution in [-0.4, -0.2) is 99.7 Å². The summed E-state index contributed by atoms with van der Waals surface area (Å²) in [7, 11) is -2.51. The lowest BCUT2D eigenvalue weighted by Gasteiger charge is -2.25. The Morgan fingerprint density at radius 1 is 0.754 bits per heavy atom. The van der Waals surface area contributed by atoms with E-state index in [-0.39, 0.29) is 38.1 Å². The van der Waals surface area contributed by atoms with Crippen molar-refractivity contribution in [3.8, 4) is 0 Å². The molecule has 334 valence electrons. The third kappa shape index (κ3) is 18.4. The molecule has 1 unspecified atom stereocenters. The molecule has 2 N–H and O–H groups in total. The number of ether oxygens (including phenoxy) is 3. The maximum absolute atomic E-state index is 14.3. The quantitative estimate of drug-likeness (QED) is 0.0519. The highest BCUT2D eigenvalue weighted by atomic mass is 28.3. The zero-order valence-electron chi connectivity index (χ0n) is 37.9. The Kier molecular flexibility index (Phi) is 18.3. The molecule has 0 radical (unpaired) electrons. The first-order valence-electron chi connectivity index (χ1n) is 21.3. The second-order valence-corrected chi connectivity index (χ2v) is 30.3. The van der Waals surface area contributed by atoms with Crippen LogP contribution in [-0.2, 0) is 53.7 Å². The van der Waals surface area contributed by atoms with Gasteiger partial charge in [0.25, 0.3) is 5.91 Å². The minimum absolute atomic E-state index is 0.140. The number of nitrogens with one attached hydrogen (secondary N) is 1. The molecule has 0 aliphatic heterocycles. The third-order valence-electron chi connectivity index (χ3n) is 9.88. The van der Waals surface area contributed by atoms with E-state index in [1.54, 1.807) is 41.6 Å². The van der Waals surface area contributed by atoms with E-state index in [0.717, 1.165) is 23.2 Å². The summed E-state index contributed by atoms with van der Waals surface area (Å²) in [6.07, 6.45) is 7.27. The van der Waals surface area contributed by atoms with Crippen LogP contribution in [0, 0.1) is 0 Å². The molecule has 0 aliphatic rings. The smallest absolute Gasteiger partial charge is 0.407 e. The number of nitrogens with zero attached hydrogens (tertiary/aromatic N) is 6. The van der Waals surface area contributed by atoms with Crippen molar-refractivity contribution in [2.45, 2.75) is 136 Å². The molecule has 0 saturated heterocycles. The highest BCUT2D eigenvalue weighted by Crippen LogP contribution is 2.18. The number of carbonyl (C=O) groups excluding carboxylic acids is 2. The Morgan fingerprint density at radius 2 is 1.30 bits per heavy atom. The van der Waals surface area contributed by atoms with Crippen LogP contribution in [0.4, 0.5) is 9.59 Å². The summed E-state index contributed by atoms with van der Waals surface area (Å²) in [5.41, 5.74) is 1.62. The summed E-state index contributed by atoms with van der Waals surface area (Å²) >= 11 is 0. The van der Waals surface area contributed by atoms with Gasteiger partial charge in [-0.05, 0) is 75.4 Å². The average molecular weight is 876 g/mol. The van der Waals surface area contributed by atoms with E-state index in [1.807, 2.05) is 72.6 Å². The maximum Gasteiger partial charge on any atom is 0.407 e. The molecule has 14 nitrogen and oxygen atoms in total. The van der Waals surface area contributed by atoms with Gasteiger partial charge >= 0.3 is 12.2 Å². The average Bonchev–Trinajstić information content (AvgIpc) is 3.81. The molecule has 0 aliphatic carbocycles. The number of amides is 3. The van der Waals surface area contributed by atoms with E-state index < -0.39 is 33.9 Å². The maximum atomic E-state index is 14.3. The molecule has 4 aromatic rings. The summed E-state index contributed by atoms with van der Waals surface area (Å²) in [5.74, 6) is 1.16. The van der Waals surface area contributed by atoms with Crippen LogP contribution in [0.2, 0.25) is 51.4 Å². The van der Waals surface area contributed by atoms with E-state index >= 15 is 0 Å². The van der Waals surface area contributed by atoms with Gasteiger partial charge in [0.05, 0.1) is 13.1 Å². The Hall–Kier alpha value is -4.78. The van der Waals surface area contributed by atoms with Crippen molar-refractivity contribution >= 4 is 34.2 Å². The van der Waals surface area contributed by atoms with Crippen LogP contribution in [0.1, 0.15) is 66.7 Å². The minimum Gasteiger partial charge on any atom is -0.465 e. The molecule has 0 spiro atoms. The van der Waals surface area contributed by atoms with E-state index in [1.165, 1.54) is 4.90 Å². The van der Waals surface area contributed by atoms with Crippen molar-refractivity contribution in [3.63, 3.8) is 0 Å².